The third kappa shape index (κ3) is 2.49. The van der Waals surface area contributed by atoms with Crippen molar-refractivity contribution in [2.45, 2.75) is 25.8 Å². The Morgan fingerprint density at radius 2 is 2.28 bits per heavy atom. The first-order chi connectivity index (χ1) is 8.59. The maximum Gasteiger partial charge on any atom is 0.308 e. The topological polar surface area (TPSA) is 88.3 Å². The summed E-state index contributed by atoms with van der Waals surface area (Å²) in [5.74, 6) is -1.39. The lowest BCUT2D eigenvalue weighted by Gasteiger charge is -2.32. The molecule has 7 heteroatoms. The van der Waals surface area contributed by atoms with E-state index >= 15 is 0 Å². The first kappa shape index (κ1) is 12.5. The van der Waals surface area contributed by atoms with Gasteiger partial charge in [-0.2, -0.15) is 5.10 Å². The average molecular weight is 252 g/mol. The molecule has 1 fully saturated rings. The van der Waals surface area contributed by atoms with Gasteiger partial charge in [0.15, 0.2) is 0 Å². The number of likely N-dealkylation sites (tertiary alicyclic amines) is 1. The standard InChI is InChI=1S/C11H16N4O3/c1-8(15-7-12-6-13-15)10(16)14-4-2-3-9(5-14)11(17)18/h6-9H,2-5H2,1H3,(H,17,18). The Kier molecular flexibility index (Phi) is 3.59. The maximum absolute atomic E-state index is 12.2. The number of carboxylic acid groups (broad SMARTS) is 1. The number of hydrogen-bond donors (Lipinski definition) is 1. The van der Waals surface area contributed by atoms with Gasteiger partial charge in [0.05, 0.1) is 5.92 Å². The fourth-order valence-electron chi connectivity index (χ4n) is 2.17. The zero-order valence-electron chi connectivity index (χ0n) is 10.2. The Morgan fingerprint density at radius 3 is 2.89 bits per heavy atom. The van der Waals surface area contributed by atoms with Gasteiger partial charge in [0, 0.05) is 13.1 Å². The molecule has 0 aliphatic carbocycles. The van der Waals surface area contributed by atoms with Crippen LogP contribution in [0.15, 0.2) is 12.7 Å². The van der Waals surface area contributed by atoms with Crippen molar-refractivity contribution >= 4 is 11.9 Å². The largest absolute Gasteiger partial charge is 0.481 e. The number of rotatable bonds is 3. The second-order valence-electron chi connectivity index (χ2n) is 4.51. The van der Waals surface area contributed by atoms with Gasteiger partial charge in [0.1, 0.15) is 18.7 Å². The van der Waals surface area contributed by atoms with Gasteiger partial charge >= 0.3 is 5.97 Å². The Bertz CT molecular complexity index is 432. The van der Waals surface area contributed by atoms with Crippen molar-refractivity contribution in [1.82, 2.24) is 19.7 Å². The van der Waals surface area contributed by atoms with Crippen LogP contribution in [-0.4, -0.2) is 49.7 Å². The van der Waals surface area contributed by atoms with Crippen LogP contribution in [0, 0.1) is 5.92 Å². The monoisotopic (exact) mass is 252 g/mol. The van der Waals surface area contributed by atoms with E-state index in [1.807, 2.05) is 0 Å². The van der Waals surface area contributed by atoms with Gasteiger partial charge in [-0.25, -0.2) is 9.67 Å². The molecule has 0 bridgehead atoms. The molecule has 0 radical (unpaired) electrons. The quantitative estimate of drug-likeness (QED) is 0.828. The van der Waals surface area contributed by atoms with Crippen LogP contribution < -0.4 is 0 Å². The second kappa shape index (κ2) is 5.16. The predicted octanol–water partition coefficient (Wildman–Crippen LogP) is 0.162. The lowest BCUT2D eigenvalue weighted by Crippen LogP contribution is -2.44. The van der Waals surface area contributed by atoms with E-state index in [4.69, 9.17) is 5.11 Å². The highest BCUT2D eigenvalue weighted by molar-refractivity contribution is 5.81. The van der Waals surface area contributed by atoms with Crippen molar-refractivity contribution in [2.24, 2.45) is 5.92 Å². The van der Waals surface area contributed by atoms with Gasteiger partial charge in [-0.3, -0.25) is 9.59 Å². The van der Waals surface area contributed by atoms with Crippen LogP contribution in [0.1, 0.15) is 25.8 Å². The first-order valence-electron chi connectivity index (χ1n) is 5.95. The Labute approximate surface area is 104 Å². The van der Waals surface area contributed by atoms with E-state index in [1.165, 1.54) is 17.3 Å². The van der Waals surface area contributed by atoms with Gasteiger partial charge in [0.25, 0.3) is 0 Å². The number of amides is 1. The fourth-order valence-corrected chi connectivity index (χ4v) is 2.17. The van der Waals surface area contributed by atoms with E-state index in [1.54, 1.807) is 11.8 Å². The molecular formula is C11H16N4O3. The van der Waals surface area contributed by atoms with Gasteiger partial charge < -0.3 is 10.0 Å². The predicted molar refractivity (Wildman–Crippen MR) is 61.7 cm³/mol. The van der Waals surface area contributed by atoms with Crippen molar-refractivity contribution in [2.75, 3.05) is 13.1 Å². The molecule has 2 heterocycles. The molecule has 1 aliphatic heterocycles. The average Bonchev–Trinajstić information content (AvgIpc) is 2.91. The van der Waals surface area contributed by atoms with Gasteiger partial charge in [0.2, 0.25) is 5.91 Å². The highest BCUT2D eigenvalue weighted by Gasteiger charge is 2.30. The molecule has 1 N–H and O–H groups in total. The van der Waals surface area contributed by atoms with E-state index in [2.05, 4.69) is 10.1 Å². The number of aromatic nitrogens is 3. The molecule has 1 aromatic rings. The van der Waals surface area contributed by atoms with E-state index in [0.29, 0.717) is 13.0 Å². The lowest BCUT2D eigenvalue weighted by atomic mass is 9.98. The van der Waals surface area contributed by atoms with Gasteiger partial charge in [-0.05, 0) is 19.8 Å². The van der Waals surface area contributed by atoms with Crippen molar-refractivity contribution < 1.29 is 14.7 Å². The van der Waals surface area contributed by atoms with Crippen molar-refractivity contribution in [1.29, 1.82) is 0 Å². The van der Waals surface area contributed by atoms with Crippen LogP contribution in [0.2, 0.25) is 0 Å². The van der Waals surface area contributed by atoms with Gasteiger partial charge in [-0.1, -0.05) is 0 Å². The van der Waals surface area contributed by atoms with Crippen LogP contribution >= 0.6 is 0 Å². The maximum atomic E-state index is 12.2. The number of hydrogen-bond acceptors (Lipinski definition) is 4. The molecule has 1 aromatic heterocycles. The highest BCUT2D eigenvalue weighted by Crippen LogP contribution is 2.19. The molecule has 1 aliphatic rings. The smallest absolute Gasteiger partial charge is 0.308 e. The molecule has 0 aromatic carbocycles. The second-order valence-corrected chi connectivity index (χ2v) is 4.51. The molecular weight excluding hydrogens is 236 g/mol. The van der Waals surface area contributed by atoms with E-state index in [-0.39, 0.29) is 12.5 Å². The summed E-state index contributed by atoms with van der Waals surface area (Å²) in [6, 6.07) is -0.444. The third-order valence-corrected chi connectivity index (χ3v) is 3.27. The molecule has 98 valence electrons. The number of piperidine rings is 1. The SMILES string of the molecule is CC(C(=O)N1CCCC(C(=O)O)C1)n1cncn1. The number of carbonyl (C=O) groups excluding carboxylic acids is 1. The normalized spacial score (nSPS) is 21.6. The van der Waals surface area contributed by atoms with E-state index in [0.717, 1.165) is 6.42 Å². The number of carbonyl (C=O) groups is 2. The molecule has 18 heavy (non-hydrogen) atoms. The Hall–Kier alpha value is -1.92. The number of aliphatic carboxylic acids is 1. The molecule has 1 saturated heterocycles. The molecule has 1 amide bonds. The molecule has 2 unspecified atom stereocenters. The van der Waals surface area contributed by atoms with E-state index < -0.39 is 17.9 Å². The molecule has 0 spiro atoms. The number of carboxylic acids is 1. The molecule has 2 rings (SSSR count). The van der Waals surface area contributed by atoms with Crippen LogP contribution in [0.4, 0.5) is 0 Å². The summed E-state index contributed by atoms with van der Waals surface area (Å²) < 4.78 is 1.48. The summed E-state index contributed by atoms with van der Waals surface area (Å²) in [6.45, 7) is 2.64. The zero-order valence-corrected chi connectivity index (χ0v) is 10.2. The highest BCUT2D eigenvalue weighted by atomic mass is 16.4. The minimum absolute atomic E-state index is 0.105. The number of nitrogens with zero attached hydrogens (tertiary/aromatic N) is 4. The summed E-state index contributed by atoms with van der Waals surface area (Å²) in [7, 11) is 0. The minimum atomic E-state index is -0.832. The minimum Gasteiger partial charge on any atom is -0.481 e. The van der Waals surface area contributed by atoms with Crippen LogP contribution in [0.25, 0.3) is 0 Å². The van der Waals surface area contributed by atoms with Crippen LogP contribution in [0.3, 0.4) is 0 Å². The van der Waals surface area contributed by atoms with Crippen LogP contribution in [0.5, 0.6) is 0 Å². The Morgan fingerprint density at radius 1 is 1.50 bits per heavy atom. The van der Waals surface area contributed by atoms with Gasteiger partial charge in [-0.15, -0.1) is 0 Å². The fraction of sp³-hybridized carbons (Fsp3) is 0.636. The lowest BCUT2D eigenvalue weighted by molar-refractivity contribution is -0.146. The summed E-state index contributed by atoms with van der Waals surface area (Å²) in [5, 5.41) is 12.9. The van der Waals surface area contributed by atoms with Crippen molar-refractivity contribution in [3.05, 3.63) is 12.7 Å². The summed E-state index contributed by atoms with van der Waals surface area (Å²) in [6.07, 6.45) is 4.23. The first-order valence-corrected chi connectivity index (χ1v) is 5.95. The third-order valence-electron chi connectivity index (χ3n) is 3.27. The summed E-state index contributed by atoms with van der Waals surface area (Å²) >= 11 is 0. The summed E-state index contributed by atoms with van der Waals surface area (Å²) in [4.78, 5) is 28.6. The molecule has 2 atom stereocenters. The van der Waals surface area contributed by atoms with Crippen LogP contribution in [-0.2, 0) is 9.59 Å². The Balaban J connectivity index is 2.02. The van der Waals surface area contributed by atoms with Crippen molar-refractivity contribution in [3.8, 4) is 0 Å². The van der Waals surface area contributed by atoms with Crippen molar-refractivity contribution in [3.63, 3.8) is 0 Å². The van der Waals surface area contributed by atoms with E-state index in [9.17, 15) is 9.59 Å². The summed E-state index contributed by atoms with van der Waals surface area (Å²) in [5.41, 5.74) is 0. The molecule has 0 saturated carbocycles. The molecule has 7 nitrogen and oxygen atoms in total. The zero-order chi connectivity index (χ0) is 13.1.